The Morgan fingerprint density at radius 2 is 1.45 bits per heavy atom. The summed E-state index contributed by atoms with van der Waals surface area (Å²) in [6.45, 7) is 4.41. The Morgan fingerprint density at radius 3 is 2.09 bits per heavy atom. The monoisotopic (exact) mass is 614 g/mol. The topological polar surface area (TPSA) is 97.3 Å². The van der Waals surface area contributed by atoms with E-state index in [-0.39, 0.29) is 12.5 Å². The van der Waals surface area contributed by atoms with Crippen LogP contribution in [0, 0.1) is 0 Å². The Kier molecular flexibility index (Phi) is 12.5. The number of hydrogen-bond acceptors (Lipinski definition) is 6. The van der Waals surface area contributed by atoms with Crippen molar-refractivity contribution in [3.8, 4) is 17.2 Å². The minimum absolute atomic E-state index is 0.252. The molecule has 2 amide bonds. The second-order valence-corrected chi connectivity index (χ2v) is 11.1. The summed E-state index contributed by atoms with van der Waals surface area (Å²) in [5.41, 5.74) is 1.45. The van der Waals surface area contributed by atoms with Crippen molar-refractivity contribution in [2.24, 2.45) is 0 Å². The highest BCUT2D eigenvalue weighted by Crippen LogP contribution is 2.24. The molecule has 4 rings (SSSR count). The van der Waals surface area contributed by atoms with E-state index >= 15 is 0 Å². The second-order valence-electron chi connectivity index (χ2n) is 9.93. The molecule has 0 saturated carbocycles. The summed E-state index contributed by atoms with van der Waals surface area (Å²) in [5, 5.41) is 12.4. The summed E-state index contributed by atoms with van der Waals surface area (Å²) >= 11 is 1.74. The van der Waals surface area contributed by atoms with E-state index in [9.17, 15) is 14.7 Å². The summed E-state index contributed by atoms with van der Waals surface area (Å²) in [7, 11) is 0. The number of para-hydroxylation sites is 1. The van der Waals surface area contributed by atoms with Gasteiger partial charge in [-0.15, -0.1) is 11.8 Å². The van der Waals surface area contributed by atoms with Crippen LogP contribution in [0.25, 0.3) is 0 Å². The number of nitrogens with one attached hydrogen (secondary N) is 1. The average molecular weight is 615 g/mol. The molecule has 0 bridgehead atoms. The van der Waals surface area contributed by atoms with Gasteiger partial charge in [-0.05, 0) is 92.2 Å². The maximum atomic E-state index is 13.5. The van der Waals surface area contributed by atoms with Crippen LogP contribution < -0.4 is 14.8 Å². The molecule has 8 nitrogen and oxygen atoms in total. The van der Waals surface area contributed by atoms with Gasteiger partial charge in [-0.3, -0.25) is 4.90 Å². The molecule has 0 aliphatic carbocycles. The van der Waals surface area contributed by atoms with Gasteiger partial charge in [-0.1, -0.05) is 48.5 Å². The molecule has 2 atom stereocenters. The number of carboxylic acid groups (broad SMARTS) is 1. The van der Waals surface area contributed by atoms with Crippen molar-refractivity contribution in [1.82, 2.24) is 4.90 Å². The number of thioether (sulfide) groups is 1. The number of carbonyl (C=O) groups excluding carboxylic acids is 1. The molecule has 0 saturated heterocycles. The van der Waals surface area contributed by atoms with Crippen LogP contribution in [0.15, 0.2) is 114 Å². The zero-order valence-corrected chi connectivity index (χ0v) is 25.7. The number of ether oxygens (including phenoxy) is 3. The lowest BCUT2D eigenvalue weighted by Crippen LogP contribution is -2.45. The van der Waals surface area contributed by atoms with Crippen LogP contribution in [0.3, 0.4) is 0 Å². The van der Waals surface area contributed by atoms with E-state index in [4.69, 9.17) is 14.2 Å². The van der Waals surface area contributed by atoms with E-state index in [1.807, 2.05) is 79.7 Å². The van der Waals surface area contributed by atoms with Crippen LogP contribution in [0.2, 0.25) is 0 Å². The van der Waals surface area contributed by atoms with Crippen LogP contribution in [-0.4, -0.2) is 53.2 Å². The molecule has 0 radical (unpaired) electrons. The predicted octanol–water partition coefficient (Wildman–Crippen LogP) is 7.95. The minimum atomic E-state index is -0.994. The Hall–Kier alpha value is -4.47. The Balaban J connectivity index is 1.39. The molecule has 0 aliphatic heterocycles. The first kappa shape index (κ1) is 32.4. The number of aliphatic carboxylic acids is 1. The molecule has 230 valence electrons. The van der Waals surface area contributed by atoms with E-state index in [1.54, 1.807) is 47.9 Å². The molecule has 0 fully saturated rings. The highest BCUT2D eigenvalue weighted by Gasteiger charge is 2.22. The minimum Gasteiger partial charge on any atom is -0.479 e. The lowest BCUT2D eigenvalue weighted by Gasteiger charge is -2.30. The van der Waals surface area contributed by atoms with E-state index in [0.717, 1.165) is 23.5 Å². The Bertz CT molecular complexity index is 1440. The van der Waals surface area contributed by atoms with E-state index < -0.39 is 18.3 Å². The van der Waals surface area contributed by atoms with Gasteiger partial charge in [0, 0.05) is 30.2 Å². The Morgan fingerprint density at radius 1 is 0.841 bits per heavy atom. The summed E-state index contributed by atoms with van der Waals surface area (Å²) in [6, 6.07) is 33.8. The molecule has 2 N–H and O–H groups in total. The quantitative estimate of drug-likeness (QED) is 0.0751. The summed E-state index contributed by atoms with van der Waals surface area (Å²) in [5.74, 6) is 1.82. The second kappa shape index (κ2) is 17.0. The molecule has 0 aliphatic rings. The average Bonchev–Trinajstić information content (AvgIpc) is 3.03. The fourth-order valence-corrected chi connectivity index (χ4v) is 5.27. The first-order chi connectivity index (χ1) is 21.4. The fraction of sp³-hybridized carbons (Fsp3) is 0.257. The van der Waals surface area contributed by atoms with Crippen LogP contribution in [0.4, 0.5) is 10.5 Å². The third-order valence-corrected chi connectivity index (χ3v) is 7.73. The Labute approximate surface area is 263 Å². The van der Waals surface area contributed by atoms with Crippen molar-refractivity contribution in [3.63, 3.8) is 0 Å². The lowest BCUT2D eigenvalue weighted by atomic mass is 10.1. The number of anilines is 1. The summed E-state index contributed by atoms with van der Waals surface area (Å²) in [6.07, 6.45) is -0.463. The molecule has 9 heteroatoms. The van der Waals surface area contributed by atoms with E-state index in [0.29, 0.717) is 30.3 Å². The maximum Gasteiger partial charge on any atom is 0.333 e. The largest absolute Gasteiger partial charge is 0.479 e. The first-order valence-electron chi connectivity index (χ1n) is 14.6. The van der Waals surface area contributed by atoms with Gasteiger partial charge in [0.05, 0.1) is 0 Å². The molecular weight excluding hydrogens is 576 g/mol. The first-order valence-corrected chi connectivity index (χ1v) is 15.6. The van der Waals surface area contributed by atoms with Crippen molar-refractivity contribution in [1.29, 1.82) is 0 Å². The van der Waals surface area contributed by atoms with Crippen molar-refractivity contribution >= 4 is 29.4 Å². The highest BCUT2D eigenvalue weighted by molar-refractivity contribution is 7.99. The zero-order chi connectivity index (χ0) is 31.1. The van der Waals surface area contributed by atoms with E-state index in [1.165, 1.54) is 4.90 Å². The highest BCUT2D eigenvalue weighted by atomic mass is 32.2. The smallest absolute Gasteiger partial charge is 0.333 e. The van der Waals surface area contributed by atoms with Gasteiger partial charge in [-0.2, -0.15) is 0 Å². The van der Waals surface area contributed by atoms with Gasteiger partial charge in [0.1, 0.15) is 17.2 Å². The number of hydrogen-bond donors (Lipinski definition) is 2. The lowest BCUT2D eigenvalue weighted by molar-refractivity contribution is -0.149. The van der Waals surface area contributed by atoms with Gasteiger partial charge in [0.15, 0.2) is 12.3 Å². The number of urea groups is 1. The van der Waals surface area contributed by atoms with Gasteiger partial charge >= 0.3 is 12.0 Å². The van der Waals surface area contributed by atoms with Gasteiger partial charge in [0.25, 0.3) is 0 Å². The van der Waals surface area contributed by atoms with Crippen LogP contribution in [0.5, 0.6) is 17.2 Å². The number of benzene rings is 4. The van der Waals surface area contributed by atoms with Crippen LogP contribution in [0.1, 0.15) is 25.8 Å². The molecule has 44 heavy (non-hydrogen) atoms. The van der Waals surface area contributed by atoms with Gasteiger partial charge in [0.2, 0.25) is 0 Å². The number of rotatable bonds is 16. The molecule has 4 aromatic carbocycles. The molecule has 0 spiro atoms. The number of amides is 2. The predicted molar refractivity (Wildman–Crippen MR) is 174 cm³/mol. The molecule has 2 unspecified atom stereocenters. The number of nitrogens with zero attached hydrogens (tertiary/aromatic N) is 1. The third-order valence-electron chi connectivity index (χ3n) is 6.63. The van der Waals surface area contributed by atoms with Crippen molar-refractivity contribution in [2.75, 3.05) is 24.2 Å². The zero-order valence-electron chi connectivity index (χ0n) is 24.9. The number of carbonyl (C=O) groups is 2. The van der Waals surface area contributed by atoms with Crippen molar-refractivity contribution < 1.29 is 28.9 Å². The normalized spacial score (nSPS) is 12.1. The maximum absolute atomic E-state index is 13.5. The van der Waals surface area contributed by atoms with Crippen molar-refractivity contribution in [2.45, 2.75) is 43.9 Å². The van der Waals surface area contributed by atoms with Gasteiger partial charge < -0.3 is 24.6 Å². The van der Waals surface area contributed by atoms with Crippen LogP contribution >= 0.6 is 11.8 Å². The SMILES string of the molecule is CCOC(Cc1ccc(OC(C)N(CCCSc2ccccc2)C(=O)Nc2ccc(Oc3ccccc3)cc2)cc1)C(=O)O. The van der Waals surface area contributed by atoms with Crippen molar-refractivity contribution in [3.05, 3.63) is 115 Å². The summed E-state index contributed by atoms with van der Waals surface area (Å²) < 4.78 is 17.4. The third kappa shape index (κ3) is 10.4. The summed E-state index contributed by atoms with van der Waals surface area (Å²) in [4.78, 5) is 27.8. The van der Waals surface area contributed by atoms with Crippen LogP contribution in [-0.2, 0) is 16.0 Å². The molecule has 4 aromatic rings. The van der Waals surface area contributed by atoms with E-state index in [2.05, 4.69) is 17.4 Å². The molecular formula is C35H38N2O6S. The fourth-order valence-electron chi connectivity index (χ4n) is 4.41. The number of carboxylic acids is 1. The van der Waals surface area contributed by atoms with Gasteiger partial charge in [-0.25, -0.2) is 9.59 Å². The molecule has 0 heterocycles. The standard InChI is InChI=1S/C35H38N2O6S/c1-3-41-33(34(38)39)25-27-15-19-30(20-16-27)42-26(2)37(23-10-24-44-32-13-8-5-9-14-32)35(40)36-28-17-21-31(22-18-28)43-29-11-6-4-7-12-29/h4-9,11-22,26,33H,3,10,23-25H2,1-2H3,(H,36,40)(H,38,39). The molecule has 0 aromatic heterocycles.